The van der Waals surface area contributed by atoms with Crippen LogP contribution in [0.4, 0.5) is 5.82 Å². The number of hydrogen-bond donors (Lipinski definition) is 1. The van der Waals surface area contributed by atoms with Crippen molar-refractivity contribution in [3.8, 4) is 0 Å². The van der Waals surface area contributed by atoms with Crippen LogP contribution in [0.5, 0.6) is 0 Å². The van der Waals surface area contributed by atoms with E-state index in [4.69, 9.17) is 5.11 Å². The van der Waals surface area contributed by atoms with Gasteiger partial charge in [0.25, 0.3) is 0 Å². The van der Waals surface area contributed by atoms with Crippen LogP contribution in [-0.2, 0) is 4.79 Å². The predicted molar refractivity (Wildman–Crippen MR) is 77.6 cm³/mol. The number of aliphatic carboxylic acids is 1. The molecule has 1 aromatic rings. The molecule has 21 heavy (non-hydrogen) atoms. The van der Waals surface area contributed by atoms with Crippen LogP contribution in [-0.4, -0.2) is 65.0 Å². The summed E-state index contributed by atoms with van der Waals surface area (Å²) in [6.07, 6.45) is 5.71. The van der Waals surface area contributed by atoms with Gasteiger partial charge in [-0.2, -0.15) is 0 Å². The maximum atomic E-state index is 10.6. The maximum absolute atomic E-state index is 10.6. The van der Waals surface area contributed by atoms with E-state index in [1.54, 1.807) is 6.20 Å². The molecule has 0 bridgehead atoms. The van der Waals surface area contributed by atoms with E-state index in [9.17, 15) is 9.59 Å². The number of carbonyl (C=O) groups excluding carboxylic acids is 1. The Kier molecular flexibility index (Phi) is 5.62. The Balaban J connectivity index is 1.84. The van der Waals surface area contributed by atoms with Crippen LogP contribution in [0.3, 0.4) is 0 Å². The third-order valence-electron chi connectivity index (χ3n) is 3.56. The van der Waals surface area contributed by atoms with Gasteiger partial charge in [-0.25, -0.2) is 9.97 Å². The maximum Gasteiger partial charge on any atom is 0.303 e. The lowest BCUT2D eigenvalue weighted by Gasteiger charge is -2.22. The average molecular weight is 292 g/mol. The highest BCUT2D eigenvalue weighted by molar-refractivity contribution is 5.71. The van der Waals surface area contributed by atoms with E-state index < -0.39 is 5.97 Å². The van der Waals surface area contributed by atoms with Crippen molar-refractivity contribution >= 4 is 18.1 Å². The molecule has 1 aromatic heterocycles. The molecule has 114 valence electrons. The van der Waals surface area contributed by atoms with E-state index in [1.807, 2.05) is 0 Å². The van der Waals surface area contributed by atoms with E-state index in [1.165, 1.54) is 6.20 Å². The van der Waals surface area contributed by atoms with Crippen LogP contribution in [0.1, 0.15) is 29.8 Å². The Morgan fingerprint density at radius 2 is 2.10 bits per heavy atom. The monoisotopic (exact) mass is 292 g/mol. The largest absolute Gasteiger partial charge is 0.481 e. The molecule has 2 rings (SSSR count). The molecule has 0 amide bonds. The van der Waals surface area contributed by atoms with Crippen LogP contribution in [0.2, 0.25) is 0 Å². The number of anilines is 1. The lowest BCUT2D eigenvalue weighted by atomic mass is 10.3. The van der Waals surface area contributed by atoms with Crippen LogP contribution in [0.15, 0.2) is 12.4 Å². The summed E-state index contributed by atoms with van der Waals surface area (Å²) in [7, 11) is 0. The average Bonchev–Trinajstić information content (AvgIpc) is 2.73. The summed E-state index contributed by atoms with van der Waals surface area (Å²) in [5.74, 6) is 0.0463. The van der Waals surface area contributed by atoms with Gasteiger partial charge in [-0.05, 0) is 25.9 Å². The molecule has 1 aliphatic rings. The minimum absolute atomic E-state index is 0.221. The third-order valence-corrected chi connectivity index (χ3v) is 3.56. The molecule has 0 spiro atoms. The molecule has 7 heteroatoms. The first-order valence-electron chi connectivity index (χ1n) is 7.15. The summed E-state index contributed by atoms with van der Waals surface area (Å²) in [5, 5.41) is 8.67. The molecule has 0 radical (unpaired) electrons. The number of carbonyl (C=O) groups is 2. The molecule has 1 aliphatic heterocycles. The minimum atomic E-state index is -0.739. The number of carboxylic acids is 1. The van der Waals surface area contributed by atoms with Crippen molar-refractivity contribution < 1.29 is 14.7 Å². The molecule has 0 aliphatic carbocycles. The van der Waals surface area contributed by atoms with Gasteiger partial charge in [-0.3, -0.25) is 9.59 Å². The van der Waals surface area contributed by atoms with Crippen molar-refractivity contribution in [3.63, 3.8) is 0 Å². The zero-order valence-corrected chi connectivity index (χ0v) is 11.9. The van der Waals surface area contributed by atoms with E-state index in [-0.39, 0.29) is 6.42 Å². The molecule has 0 saturated carbocycles. The van der Waals surface area contributed by atoms with Crippen molar-refractivity contribution in [2.24, 2.45) is 0 Å². The molecule has 0 unspecified atom stereocenters. The fraction of sp³-hybridized carbons (Fsp3) is 0.571. The number of aromatic nitrogens is 2. The van der Waals surface area contributed by atoms with Gasteiger partial charge >= 0.3 is 5.97 Å². The second-order valence-electron chi connectivity index (χ2n) is 5.10. The normalized spacial score (nSPS) is 16.5. The number of nitrogens with zero attached hydrogens (tertiary/aromatic N) is 4. The van der Waals surface area contributed by atoms with Gasteiger partial charge in [-0.1, -0.05) is 0 Å². The summed E-state index contributed by atoms with van der Waals surface area (Å²) < 4.78 is 0. The van der Waals surface area contributed by atoms with Crippen molar-refractivity contribution in [1.82, 2.24) is 14.9 Å². The Morgan fingerprint density at radius 1 is 1.24 bits per heavy atom. The van der Waals surface area contributed by atoms with Gasteiger partial charge < -0.3 is 14.9 Å². The Bertz CT molecular complexity index is 478. The fourth-order valence-electron chi connectivity index (χ4n) is 2.43. The summed E-state index contributed by atoms with van der Waals surface area (Å²) in [4.78, 5) is 33.8. The Labute approximate surface area is 123 Å². The highest BCUT2D eigenvalue weighted by Gasteiger charge is 2.16. The van der Waals surface area contributed by atoms with Gasteiger partial charge in [0.15, 0.2) is 6.29 Å². The number of hydrogen-bond acceptors (Lipinski definition) is 6. The highest BCUT2D eigenvalue weighted by Crippen LogP contribution is 2.12. The van der Waals surface area contributed by atoms with Gasteiger partial charge in [0.05, 0.1) is 12.4 Å². The molecular weight excluding hydrogens is 272 g/mol. The summed E-state index contributed by atoms with van der Waals surface area (Å²) >= 11 is 0. The molecule has 1 saturated heterocycles. The highest BCUT2D eigenvalue weighted by atomic mass is 16.4. The van der Waals surface area contributed by atoms with Crippen LogP contribution < -0.4 is 4.90 Å². The molecule has 2 heterocycles. The number of aldehydes is 1. The van der Waals surface area contributed by atoms with E-state index in [0.717, 1.165) is 45.0 Å². The predicted octanol–water partition coefficient (Wildman–Crippen LogP) is 0.666. The quantitative estimate of drug-likeness (QED) is 0.771. The summed E-state index contributed by atoms with van der Waals surface area (Å²) in [6, 6.07) is 0. The zero-order valence-electron chi connectivity index (χ0n) is 11.9. The fourth-order valence-corrected chi connectivity index (χ4v) is 2.43. The Morgan fingerprint density at radius 3 is 2.76 bits per heavy atom. The van der Waals surface area contributed by atoms with Crippen molar-refractivity contribution in [1.29, 1.82) is 0 Å². The van der Waals surface area contributed by atoms with Crippen LogP contribution in [0, 0.1) is 0 Å². The first kappa shape index (κ1) is 15.4. The molecule has 1 fully saturated rings. The van der Waals surface area contributed by atoms with E-state index >= 15 is 0 Å². The van der Waals surface area contributed by atoms with Gasteiger partial charge in [-0.15, -0.1) is 0 Å². The molecular formula is C14H20N4O3. The number of rotatable bonds is 6. The van der Waals surface area contributed by atoms with Gasteiger partial charge in [0.1, 0.15) is 11.5 Å². The van der Waals surface area contributed by atoms with Gasteiger partial charge in [0, 0.05) is 26.1 Å². The zero-order chi connectivity index (χ0) is 15.1. The van der Waals surface area contributed by atoms with Crippen molar-refractivity contribution in [2.45, 2.75) is 19.3 Å². The molecule has 0 aromatic carbocycles. The summed E-state index contributed by atoms with van der Waals surface area (Å²) in [5.41, 5.74) is 0.337. The number of carboxylic acid groups (broad SMARTS) is 1. The standard InChI is InChI=1S/C14H20N4O3/c19-11-12-9-16-13(10-15-12)18-6-2-5-17(7-8-18)4-1-3-14(20)21/h9-11H,1-8H2,(H,20,21). The van der Waals surface area contributed by atoms with Gasteiger partial charge in [0.2, 0.25) is 0 Å². The van der Waals surface area contributed by atoms with Crippen LogP contribution in [0.25, 0.3) is 0 Å². The second-order valence-corrected chi connectivity index (χ2v) is 5.10. The van der Waals surface area contributed by atoms with Crippen molar-refractivity contribution in [2.75, 3.05) is 37.6 Å². The van der Waals surface area contributed by atoms with Crippen molar-refractivity contribution in [3.05, 3.63) is 18.1 Å². The lowest BCUT2D eigenvalue weighted by molar-refractivity contribution is -0.137. The topological polar surface area (TPSA) is 86.6 Å². The first-order valence-corrected chi connectivity index (χ1v) is 7.15. The SMILES string of the molecule is O=Cc1cnc(N2CCCN(CCCC(=O)O)CC2)cn1. The Hall–Kier alpha value is -2.02. The van der Waals surface area contributed by atoms with Crippen LogP contribution >= 0.6 is 0 Å². The minimum Gasteiger partial charge on any atom is -0.481 e. The smallest absolute Gasteiger partial charge is 0.303 e. The second kappa shape index (κ2) is 7.68. The van der Waals surface area contributed by atoms with E-state index in [2.05, 4.69) is 19.8 Å². The first-order chi connectivity index (χ1) is 10.2. The molecule has 7 nitrogen and oxygen atoms in total. The van der Waals surface area contributed by atoms with E-state index in [0.29, 0.717) is 18.4 Å². The molecule has 1 N–H and O–H groups in total. The summed E-state index contributed by atoms with van der Waals surface area (Å²) in [6.45, 7) is 4.40. The molecule has 0 atom stereocenters. The third kappa shape index (κ3) is 4.78. The lowest BCUT2D eigenvalue weighted by Crippen LogP contribution is -2.32.